The molecule has 0 amide bonds. The van der Waals surface area contributed by atoms with Crippen LogP contribution in [0, 0.1) is 5.92 Å². The van der Waals surface area contributed by atoms with Gasteiger partial charge >= 0.3 is 0 Å². The van der Waals surface area contributed by atoms with E-state index in [0.717, 1.165) is 31.1 Å². The van der Waals surface area contributed by atoms with Crippen molar-refractivity contribution in [2.75, 3.05) is 13.1 Å². The molecule has 1 atom stereocenters. The van der Waals surface area contributed by atoms with Crippen molar-refractivity contribution in [2.45, 2.75) is 19.4 Å². The maximum atomic E-state index is 4.67. The maximum absolute atomic E-state index is 4.67. The third kappa shape index (κ3) is 3.30. The van der Waals surface area contributed by atoms with Gasteiger partial charge in [0, 0.05) is 45.1 Å². The highest BCUT2D eigenvalue weighted by Gasteiger charge is 2.24. The van der Waals surface area contributed by atoms with Crippen molar-refractivity contribution in [3.63, 3.8) is 0 Å². The molecule has 1 saturated heterocycles. The van der Waals surface area contributed by atoms with E-state index >= 15 is 0 Å². The monoisotopic (exact) mass is 341 g/mol. The number of hydrogen-bond donors (Lipinski definition) is 0. The van der Waals surface area contributed by atoms with Gasteiger partial charge in [0.15, 0.2) is 0 Å². The summed E-state index contributed by atoms with van der Waals surface area (Å²) in [4.78, 5) is 3.83. The van der Waals surface area contributed by atoms with Gasteiger partial charge in [-0.15, -0.1) is 11.3 Å². The van der Waals surface area contributed by atoms with E-state index in [9.17, 15) is 0 Å². The Morgan fingerprint density at radius 1 is 1.25 bits per heavy atom. The molecular weight excluding hydrogens is 318 g/mol. The summed E-state index contributed by atoms with van der Waals surface area (Å²) < 4.78 is 3.83. The molecule has 1 aliphatic rings. The van der Waals surface area contributed by atoms with Crippen LogP contribution in [0.15, 0.2) is 36.1 Å². The third-order valence-corrected chi connectivity index (χ3v) is 5.58. The number of thiophene rings is 1. The first kappa shape index (κ1) is 15.6. The van der Waals surface area contributed by atoms with Crippen LogP contribution >= 0.6 is 11.3 Å². The van der Waals surface area contributed by atoms with E-state index in [-0.39, 0.29) is 0 Å². The highest BCUT2D eigenvalue weighted by Crippen LogP contribution is 2.29. The maximum Gasteiger partial charge on any atom is 0.107 e. The van der Waals surface area contributed by atoms with E-state index in [0.29, 0.717) is 0 Å². The second-order valence-corrected chi connectivity index (χ2v) is 7.72. The van der Waals surface area contributed by atoms with Crippen LogP contribution in [-0.2, 0) is 27.1 Å². The van der Waals surface area contributed by atoms with Gasteiger partial charge in [0.1, 0.15) is 5.69 Å². The summed E-state index contributed by atoms with van der Waals surface area (Å²) in [6.07, 6.45) is 8.71. The van der Waals surface area contributed by atoms with Crippen molar-refractivity contribution in [2.24, 2.45) is 20.0 Å². The van der Waals surface area contributed by atoms with E-state index < -0.39 is 0 Å². The Kier molecular flexibility index (Phi) is 4.24. The second kappa shape index (κ2) is 6.53. The molecule has 0 N–H and O–H groups in total. The highest BCUT2D eigenvalue weighted by atomic mass is 32.1. The Balaban J connectivity index is 1.42. The molecule has 0 spiro atoms. The predicted octanol–water partition coefficient (Wildman–Crippen LogP) is 2.95. The minimum Gasteiger partial charge on any atom is -0.299 e. The van der Waals surface area contributed by atoms with Crippen molar-refractivity contribution in [1.82, 2.24) is 24.5 Å². The summed E-state index contributed by atoms with van der Waals surface area (Å²) in [5.74, 6) is 0.732. The quantitative estimate of drug-likeness (QED) is 0.716. The Hall–Kier alpha value is -1.92. The van der Waals surface area contributed by atoms with Gasteiger partial charge in [-0.1, -0.05) is 6.07 Å². The fourth-order valence-corrected chi connectivity index (χ4v) is 4.39. The minimum absolute atomic E-state index is 0.732. The van der Waals surface area contributed by atoms with E-state index in [2.05, 4.69) is 45.0 Å². The largest absolute Gasteiger partial charge is 0.299 e. The van der Waals surface area contributed by atoms with Crippen LogP contribution in [0.3, 0.4) is 0 Å². The molecule has 24 heavy (non-hydrogen) atoms. The number of hydrogen-bond acceptors (Lipinski definition) is 4. The molecule has 3 aromatic rings. The average Bonchev–Trinajstić information content (AvgIpc) is 3.29. The van der Waals surface area contributed by atoms with Crippen LogP contribution < -0.4 is 0 Å². The van der Waals surface area contributed by atoms with Crippen LogP contribution in [0.1, 0.15) is 17.5 Å². The number of likely N-dealkylation sites (tertiary alicyclic amines) is 1. The Morgan fingerprint density at radius 3 is 2.92 bits per heavy atom. The van der Waals surface area contributed by atoms with E-state index in [1.165, 1.54) is 29.0 Å². The fraction of sp³-hybridized carbons (Fsp3) is 0.444. The molecule has 4 rings (SSSR count). The van der Waals surface area contributed by atoms with Gasteiger partial charge < -0.3 is 0 Å². The lowest BCUT2D eigenvalue weighted by molar-refractivity contribution is 0.316. The average molecular weight is 341 g/mol. The summed E-state index contributed by atoms with van der Waals surface area (Å²) in [6, 6.07) is 4.25. The van der Waals surface area contributed by atoms with Crippen LogP contribution in [0.2, 0.25) is 0 Å². The lowest BCUT2D eigenvalue weighted by Crippen LogP contribution is -2.20. The Morgan fingerprint density at radius 2 is 2.17 bits per heavy atom. The van der Waals surface area contributed by atoms with Gasteiger partial charge in [0.05, 0.1) is 11.1 Å². The summed E-state index contributed by atoms with van der Waals surface area (Å²) in [6.45, 7) is 3.32. The smallest absolute Gasteiger partial charge is 0.107 e. The normalized spacial score (nSPS) is 18.5. The highest BCUT2D eigenvalue weighted by molar-refractivity contribution is 7.13. The first-order valence-electron chi connectivity index (χ1n) is 8.43. The summed E-state index contributed by atoms with van der Waals surface area (Å²) in [5, 5.41) is 11.1. The van der Waals surface area contributed by atoms with Gasteiger partial charge in [-0.3, -0.25) is 14.3 Å². The number of aryl methyl sites for hydroxylation is 2. The second-order valence-electron chi connectivity index (χ2n) is 6.77. The molecule has 0 saturated carbocycles. The lowest BCUT2D eigenvalue weighted by Gasteiger charge is -2.15. The predicted molar refractivity (Wildman–Crippen MR) is 96.8 cm³/mol. The fourth-order valence-electron chi connectivity index (χ4n) is 3.65. The van der Waals surface area contributed by atoms with E-state index in [1.54, 1.807) is 11.3 Å². The molecule has 0 aliphatic carbocycles. The number of rotatable bonds is 5. The summed E-state index contributed by atoms with van der Waals surface area (Å²) >= 11 is 1.76. The molecule has 3 aromatic heterocycles. The van der Waals surface area contributed by atoms with Crippen molar-refractivity contribution in [3.05, 3.63) is 47.2 Å². The lowest BCUT2D eigenvalue weighted by atomic mass is 10.0. The first-order chi connectivity index (χ1) is 11.7. The molecule has 0 radical (unpaired) electrons. The number of nitrogens with zero attached hydrogens (tertiary/aromatic N) is 5. The Labute approximate surface area is 146 Å². The van der Waals surface area contributed by atoms with Crippen molar-refractivity contribution in [3.8, 4) is 10.6 Å². The van der Waals surface area contributed by atoms with E-state index in [4.69, 9.17) is 0 Å². The van der Waals surface area contributed by atoms with Crippen LogP contribution in [0.5, 0.6) is 0 Å². The third-order valence-electron chi connectivity index (χ3n) is 4.71. The van der Waals surface area contributed by atoms with Crippen molar-refractivity contribution < 1.29 is 0 Å². The summed E-state index contributed by atoms with van der Waals surface area (Å²) in [5.41, 5.74) is 3.83. The molecule has 1 aliphatic heterocycles. The minimum atomic E-state index is 0.732. The van der Waals surface area contributed by atoms with Gasteiger partial charge in [0.2, 0.25) is 0 Å². The molecule has 126 valence electrons. The van der Waals surface area contributed by atoms with Gasteiger partial charge in [-0.25, -0.2) is 0 Å². The molecule has 1 fully saturated rings. The zero-order valence-electron chi connectivity index (χ0n) is 14.2. The SMILES string of the molecule is Cn1cc(C[C@@H]2CCN(Cc3cn(C)nc3-c3cccs3)C2)cn1. The van der Waals surface area contributed by atoms with Crippen LogP contribution in [0.4, 0.5) is 0 Å². The van der Waals surface area contributed by atoms with Crippen LogP contribution in [-0.4, -0.2) is 37.6 Å². The van der Waals surface area contributed by atoms with Crippen molar-refractivity contribution in [1.29, 1.82) is 0 Å². The zero-order chi connectivity index (χ0) is 16.5. The topological polar surface area (TPSA) is 38.9 Å². The summed E-state index contributed by atoms with van der Waals surface area (Å²) in [7, 11) is 3.99. The molecule has 0 bridgehead atoms. The van der Waals surface area contributed by atoms with Crippen molar-refractivity contribution >= 4 is 11.3 Å². The van der Waals surface area contributed by atoms with Gasteiger partial charge in [-0.2, -0.15) is 10.2 Å². The standard InChI is InChI=1S/C18H23N5S/c1-21-10-15(9-19-21)8-14-5-6-23(11-14)13-16-12-22(2)20-18(16)17-4-3-7-24-17/h3-4,7,9-10,12,14H,5-6,8,11,13H2,1-2H3/t14-/m0/s1. The van der Waals surface area contributed by atoms with Gasteiger partial charge in [-0.05, 0) is 42.3 Å². The zero-order valence-corrected chi connectivity index (χ0v) is 15.0. The van der Waals surface area contributed by atoms with E-state index in [1.807, 2.05) is 29.7 Å². The molecule has 4 heterocycles. The van der Waals surface area contributed by atoms with Crippen LogP contribution in [0.25, 0.3) is 10.6 Å². The molecule has 0 aromatic carbocycles. The molecule has 6 heteroatoms. The first-order valence-corrected chi connectivity index (χ1v) is 9.31. The number of aromatic nitrogens is 4. The molecule has 5 nitrogen and oxygen atoms in total. The molecule has 0 unspecified atom stereocenters. The molecular formula is C18H23N5S. The Bertz CT molecular complexity index is 801. The van der Waals surface area contributed by atoms with Gasteiger partial charge in [0.25, 0.3) is 0 Å².